The van der Waals surface area contributed by atoms with Crippen LogP contribution in [-0.2, 0) is 10.3 Å². The predicted octanol–water partition coefficient (Wildman–Crippen LogP) is 0.997. The summed E-state index contributed by atoms with van der Waals surface area (Å²) in [4.78, 5) is 11.5. The first-order valence-corrected chi connectivity index (χ1v) is 5.89. The van der Waals surface area contributed by atoms with Crippen LogP contribution in [0.2, 0.25) is 0 Å². The Balaban J connectivity index is 1.89. The molecule has 7 nitrogen and oxygen atoms in total. The maximum Gasteiger partial charge on any atom is 0.407 e. The minimum atomic E-state index is -0.508. The van der Waals surface area contributed by atoms with E-state index in [0.717, 1.165) is 12.8 Å². The summed E-state index contributed by atoms with van der Waals surface area (Å²) in [5, 5.41) is 19.2. The Morgan fingerprint density at radius 3 is 2.72 bits per heavy atom. The molecule has 1 aliphatic rings. The van der Waals surface area contributed by atoms with Crippen molar-refractivity contribution in [2.24, 2.45) is 0 Å². The van der Waals surface area contributed by atoms with E-state index in [9.17, 15) is 4.79 Å². The van der Waals surface area contributed by atoms with Crippen molar-refractivity contribution in [1.29, 1.82) is 0 Å². The first kappa shape index (κ1) is 12.7. The number of hydrogen-bond donors (Lipinski definition) is 2. The van der Waals surface area contributed by atoms with Crippen LogP contribution in [0.5, 0.6) is 5.88 Å². The van der Waals surface area contributed by atoms with Gasteiger partial charge in [-0.2, -0.15) is 0 Å². The minimum Gasteiger partial charge on any atom is -0.491 e. The Hall–Kier alpha value is -1.79. The van der Waals surface area contributed by atoms with Gasteiger partial charge in [0.25, 0.3) is 5.88 Å². The van der Waals surface area contributed by atoms with Gasteiger partial charge in [0.1, 0.15) is 5.60 Å². The van der Waals surface area contributed by atoms with Crippen LogP contribution in [0.15, 0.2) is 6.20 Å². The number of amides is 1. The molecule has 0 bridgehead atoms. The van der Waals surface area contributed by atoms with Crippen molar-refractivity contribution < 1.29 is 14.6 Å². The fourth-order valence-electron chi connectivity index (χ4n) is 1.67. The molecule has 0 atom stereocenters. The minimum absolute atomic E-state index is 0.112. The van der Waals surface area contributed by atoms with E-state index in [0.29, 0.717) is 6.54 Å². The number of hydrogen-bond acceptors (Lipinski definition) is 5. The number of carbonyl (C=O) groups is 1. The Bertz CT molecular complexity index is 445. The third-order valence-corrected chi connectivity index (χ3v) is 2.76. The molecule has 18 heavy (non-hydrogen) atoms. The van der Waals surface area contributed by atoms with Crippen molar-refractivity contribution in [3.8, 4) is 5.88 Å². The summed E-state index contributed by atoms with van der Waals surface area (Å²) in [5.41, 5.74) is -0.767. The highest BCUT2D eigenvalue weighted by atomic mass is 16.6. The molecule has 7 heteroatoms. The molecule has 1 aliphatic carbocycles. The quantitative estimate of drug-likeness (QED) is 0.839. The molecular formula is C11H18N4O3. The van der Waals surface area contributed by atoms with Gasteiger partial charge in [0.05, 0.1) is 11.7 Å². The van der Waals surface area contributed by atoms with Crippen molar-refractivity contribution in [3.05, 3.63) is 6.20 Å². The Kier molecular flexibility index (Phi) is 2.92. The zero-order valence-corrected chi connectivity index (χ0v) is 10.8. The zero-order valence-electron chi connectivity index (χ0n) is 10.8. The van der Waals surface area contributed by atoms with Crippen molar-refractivity contribution in [1.82, 2.24) is 20.3 Å². The summed E-state index contributed by atoms with van der Waals surface area (Å²) < 4.78 is 6.75. The summed E-state index contributed by atoms with van der Waals surface area (Å²) >= 11 is 0. The van der Waals surface area contributed by atoms with Crippen molar-refractivity contribution >= 4 is 6.09 Å². The van der Waals surface area contributed by atoms with E-state index in [2.05, 4.69) is 15.6 Å². The van der Waals surface area contributed by atoms with Gasteiger partial charge in [0.15, 0.2) is 0 Å². The van der Waals surface area contributed by atoms with Gasteiger partial charge in [-0.1, -0.05) is 10.3 Å². The normalized spacial score (nSPS) is 17.3. The van der Waals surface area contributed by atoms with Gasteiger partial charge in [0, 0.05) is 6.54 Å². The molecule has 1 aromatic rings. The number of aromatic nitrogens is 3. The molecule has 0 spiro atoms. The SMILES string of the molecule is CC(C)(C)OC(=O)NCC1(n2cc(O)nn2)CC1. The third kappa shape index (κ3) is 2.91. The fourth-order valence-corrected chi connectivity index (χ4v) is 1.67. The summed E-state index contributed by atoms with van der Waals surface area (Å²) in [6.07, 6.45) is 2.80. The van der Waals surface area contributed by atoms with E-state index in [1.807, 2.05) is 20.8 Å². The molecule has 1 saturated carbocycles. The van der Waals surface area contributed by atoms with E-state index < -0.39 is 11.7 Å². The van der Waals surface area contributed by atoms with Crippen LogP contribution in [0, 0.1) is 0 Å². The number of aromatic hydroxyl groups is 1. The van der Waals surface area contributed by atoms with Crippen molar-refractivity contribution in [2.75, 3.05) is 6.54 Å². The molecule has 0 saturated heterocycles. The molecule has 0 radical (unpaired) electrons. The molecule has 2 N–H and O–H groups in total. The average Bonchev–Trinajstić information content (AvgIpc) is 2.90. The third-order valence-electron chi connectivity index (χ3n) is 2.76. The summed E-state index contributed by atoms with van der Waals surface area (Å²) in [6.45, 7) is 5.86. The molecule has 0 aliphatic heterocycles. The fraction of sp³-hybridized carbons (Fsp3) is 0.727. The number of nitrogens with zero attached hydrogens (tertiary/aromatic N) is 3. The summed E-state index contributed by atoms with van der Waals surface area (Å²) in [6, 6.07) is 0. The molecule has 0 aromatic carbocycles. The average molecular weight is 254 g/mol. The van der Waals surface area contributed by atoms with Crippen LogP contribution in [0.3, 0.4) is 0 Å². The number of carbonyl (C=O) groups excluding carboxylic acids is 1. The maximum absolute atomic E-state index is 11.5. The number of rotatable bonds is 3. The van der Waals surface area contributed by atoms with Crippen molar-refractivity contribution in [3.63, 3.8) is 0 Å². The largest absolute Gasteiger partial charge is 0.491 e. The lowest BCUT2D eigenvalue weighted by molar-refractivity contribution is 0.0516. The molecular weight excluding hydrogens is 236 g/mol. The molecule has 1 aromatic heterocycles. The van der Waals surface area contributed by atoms with Crippen LogP contribution in [0.4, 0.5) is 4.79 Å². The highest BCUT2D eigenvalue weighted by molar-refractivity contribution is 5.67. The zero-order chi connectivity index (χ0) is 13.4. The number of nitrogens with one attached hydrogen (secondary N) is 1. The van der Waals surface area contributed by atoms with E-state index in [4.69, 9.17) is 9.84 Å². The summed E-state index contributed by atoms with van der Waals surface area (Å²) in [5.74, 6) is -0.112. The van der Waals surface area contributed by atoms with Gasteiger partial charge in [-0.05, 0) is 33.6 Å². The van der Waals surface area contributed by atoms with Crippen LogP contribution >= 0.6 is 0 Å². The first-order valence-electron chi connectivity index (χ1n) is 5.89. The van der Waals surface area contributed by atoms with E-state index in [1.165, 1.54) is 6.20 Å². The highest BCUT2D eigenvalue weighted by Gasteiger charge is 2.46. The lowest BCUT2D eigenvalue weighted by Gasteiger charge is -2.21. The van der Waals surface area contributed by atoms with E-state index in [1.54, 1.807) is 4.68 Å². The van der Waals surface area contributed by atoms with Gasteiger partial charge in [0.2, 0.25) is 0 Å². The monoisotopic (exact) mass is 254 g/mol. The lowest BCUT2D eigenvalue weighted by Crippen LogP contribution is -2.39. The van der Waals surface area contributed by atoms with Gasteiger partial charge in [-0.25, -0.2) is 9.48 Å². The van der Waals surface area contributed by atoms with Gasteiger partial charge >= 0.3 is 6.09 Å². The number of ether oxygens (including phenoxy) is 1. The van der Waals surface area contributed by atoms with Crippen LogP contribution < -0.4 is 5.32 Å². The summed E-state index contributed by atoms with van der Waals surface area (Å²) in [7, 11) is 0. The second kappa shape index (κ2) is 4.15. The Labute approximate surface area is 105 Å². The Morgan fingerprint density at radius 2 is 2.28 bits per heavy atom. The van der Waals surface area contributed by atoms with Crippen LogP contribution in [0.1, 0.15) is 33.6 Å². The Morgan fingerprint density at radius 1 is 1.61 bits per heavy atom. The molecule has 0 unspecified atom stereocenters. The number of alkyl carbamates (subject to hydrolysis) is 1. The van der Waals surface area contributed by atoms with Crippen molar-refractivity contribution in [2.45, 2.75) is 44.8 Å². The van der Waals surface area contributed by atoms with E-state index in [-0.39, 0.29) is 11.4 Å². The van der Waals surface area contributed by atoms with Gasteiger partial charge in [-0.15, -0.1) is 0 Å². The molecule has 100 valence electrons. The predicted molar refractivity (Wildman–Crippen MR) is 63.1 cm³/mol. The smallest absolute Gasteiger partial charge is 0.407 e. The second-order valence-electron chi connectivity index (χ2n) is 5.60. The first-order chi connectivity index (χ1) is 8.31. The molecule has 1 fully saturated rings. The van der Waals surface area contributed by atoms with E-state index >= 15 is 0 Å². The molecule has 2 rings (SSSR count). The van der Waals surface area contributed by atoms with Crippen LogP contribution in [-0.4, -0.2) is 38.3 Å². The van der Waals surface area contributed by atoms with Gasteiger partial charge < -0.3 is 15.2 Å². The standard InChI is InChI=1S/C11H18N4O3/c1-10(2,3)18-9(17)12-7-11(4-5-11)15-6-8(16)13-14-15/h6,16H,4-5,7H2,1-3H3,(H,12,17). The topological polar surface area (TPSA) is 89.3 Å². The van der Waals surface area contributed by atoms with Crippen LogP contribution in [0.25, 0.3) is 0 Å². The lowest BCUT2D eigenvalue weighted by atomic mass is 10.2. The highest BCUT2D eigenvalue weighted by Crippen LogP contribution is 2.42. The molecule has 1 heterocycles. The second-order valence-corrected chi connectivity index (χ2v) is 5.60. The molecule has 1 amide bonds. The maximum atomic E-state index is 11.5. The van der Waals surface area contributed by atoms with Gasteiger partial charge in [-0.3, -0.25) is 0 Å².